The van der Waals surface area contributed by atoms with Crippen LogP contribution < -0.4 is 20.9 Å². The molecule has 2 aliphatic rings. The van der Waals surface area contributed by atoms with Gasteiger partial charge >= 0.3 is 0 Å². The van der Waals surface area contributed by atoms with Gasteiger partial charge in [0.05, 0.1) is 24.4 Å². The number of hydrogen-bond donors (Lipinski definition) is 3. The minimum Gasteiger partial charge on any atom is -0.379 e. The van der Waals surface area contributed by atoms with E-state index in [2.05, 4.69) is 15.3 Å². The lowest BCUT2D eigenvalue weighted by atomic mass is 10.1. The third kappa shape index (κ3) is 3.45. The number of amides is 1. The van der Waals surface area contributed by atoms with E-state index >= 15 is 0 Å². The number of benzene rings is 1. The first kappa shape index (κ1) is 19.3. The summed E-state index contributed by atoms with van der Waals surface area (Å²) in [6, 6.07) is 2.58. The molecular formula is C19H23FN6O3. The van der Waals surface area contributed by atoms with Crippen molar-refractivity contribution < 1.29 is 19.0 Å². The van der Waals surface area contributed by atoms with Crippen LogP contribution in [0.3, 0.4) is 0 Å². The van der Waals surface area contributed by atoms with Crippen LogP contribution in [0, 0.1) is 12.7 Å². The van der Waals surface area contributed by atoms with Crippen molar-refractivity contribution in [1.82, 2.24) is 9.97 Å². The normalized spacial score (nSPS) is 21.2. The number of halogens is 1. The number of anilines is 4. The Balaban J connectivity index is 1.65. The monoisotopic (exact) mass is 402 g/mol. The third-order valence-electron chi connectivity index (χ3n) is 5.33. The number of carbonyl (C=O) groups is 1. The summed E-state index contributed by atoms with van der Waals surface area (Å²) in [7, 11) is 1.77. The van der Waals surface area contributed by atoms with Crippen molar-refractivity contribution in [3.8, 4) is 0 Å². The van der Waals surface area contributed by atoms with E-state index in [1.165, 1.54) is 12.1 Å². The molecule has 154 valence electrons. The molecule has 4 N–H and O–H groups in total. The molecule has 1 fully saturated rings. The zero-order valence-electron chi connectivity index (χ0n) is 16.2. The summed E-state index contributed by atoms with van der Waals surface area (Å²) in [5.74, 6) is -0.710. The van der Waals surface area contributed by atoms with E-state index in [1.807, 2.05) is 4.90 Å². The zero-order chi connectivity index (χ0) is 20.7. The predicted octanol–water partition coefficient (Wildman–Crippen LogP) is 1.48. The SMILES string of the molecule is Cc1cc(C(N)=O)c(F)cc1Nc1ncc2c(n1)N(C1CCCOC1)C(O)N2C. The lowest BCUT2D eigenvalue weighted by Crippen LogP contribution is -2.50. The first-order valence-corrected chi connectivity index (χ1v) is 9.38. The lowest BCUT2D eigenvalue weighted by molar-refractivity contribution is 0.0613. The molecule has 0 bridgehead atoms. The number of fused-ring (bicyclic) bond motifs is 1. The van der Waals surface area contributed by atoms with Crippen LogP contribution in [-0.4, -0.2) is 53.6 Å². The second-order valence-electron chi connectivity index (χ2n) is 7.27. The van der Waals surface area contributed by atoms with Gasteiger partial charge in [-0.25, -0.2) is 9.37 Å². The van der Waals surface area contributed by atoms with Crippen LogP contribution in [-0.2, 0) is 4.74 Å². The van der Waals surface area contributed by atoms with Gasteiger partial charge in [-0.1, -0.05) is 0 Å². The number of hydrogen-bond acceptors (Lipinski definition) is 8. The van der Waals surface area contributed by atoms with Crippen LogP contribution in [0.25, 0.3) is 0 Å². The van der Waals surface area contributed by atoms with Crippen molar-refractivity contribution in [3.63, 3.8) is 0 Å². The number of aryl methyl sites for hydroxylation is 1. The Morgan fingerprint density at radius 1 is 1.45 bits per heavy atom. The summed E-state index contributed by atoms with van der Waals surface area (Å²) in [6.07, 6.45) is 2.54. The van der Waals surface area contributed by atoms with Gasteiger partial charge in [-0.05, 0) is 37.5 Å². The van der Waals surface area contributed by atoms with Crippen molar-refractivity contribution in [3.05, 3.63) is 35.3 Å². The number of nitrogens with one attached hydrogen (secondary N) is 1. The van der Waals surface area contributed by atoms with Crippen LogP contribution in [0.2, 0.25) is 0 Å². The van der Waals surface area contributed by atoms with E-state index in [4.69, 9.17) is 10.5 Å². The second-order valence-corrected chi connectivity index (χ2v) is 7.27. The van der Waals surface area contributed by atoms with Gasteiger partial charge in [0.2, 0.25) is 12.3 Å². The molecule has 0 spiro atoms. The third-order valence-corrected chi connectivity index (χ3v) is 5.33. The lowest BCUT2D eigenvalue weighted by Gasteiger charge is -2.35. The molecule has 3 heterocycles. The van der Waals surface area contributed by atoms with Gasteiger partial charge in [0, 0.05) is 19.3 Å². The Bertz CT molecular complexity index is 950. The molecule has 2 atom stereocenters. The molecule has 1 saturated heterocycles. The molecule has 1 aromatic carbocycles. The average Bonchev–Trinajstić information content (AvgIpc) is 2.95. The van der Waals surface area contributed by atoms with Gasteiger partial charge in [-0.15, -0.1) is 0 Å². The van der Waals surface area contributed by atoms with Gasteiger partial charge in [0.25, 0.3) is 5.91 Å². The quantitative estimate of drug-likeness (QED) is 0.704. The molecule has 4 rings (SSSR count). The first-order chi connectivity index (χ1) is 13.9. The Kier molecular flexibility index (Phi) is 4.97. The fourth-order valence-electron chi connectivity index (χ4n) is 3.72. The number of aliphatic hydroxyl groups excluding tert-OH is 1. The summed E-state index contributed by atoms with van der Waals surface area (Å²) in [5.41, 5.74) is 6.76. The molecule has 1 amide bonds. The highest BCUT2D eigenvalue weighted by atomic mass is 19.1. The topological polar surface area (TPSA) is 117 Å². The molecule has 2 aromatic rings. The van der Waals surface area contributed by atoms with Crippen LogP contribution in [0.4, 0.5) is 27.5 Å². The highest BCUT2D eigenvalue weighted by molar-refractivity contribution is 5.94. The smallest absolute Gasteiger partial charge is 0.251 e. The summed E-state index contributed by atoms with van der Waals surface area (Å²) in [4.78, 5) is 23.7. The summed E-state index contributed by atoms with van der Waals surface area (Å²) in [5, 5.41) is 13.7. The number of nitrogens with zero attached hydrogens (tertiary/aromatic N) is 4. The maximum absolute atomic E-state index is 14.2. The molecule has 2 aliphatic heterocycles. The van der Waals surface area contributed by atoms with Crippen LogP contribution in [0.1, 0.15) is 28.8 Å². The molecule has 2 unspecified atom stereocenters. The number of primary amides is 1. The number of nitrogens with two attached hydrogens (primary N) is 1. The molecule has 9 nitrogen and oxygen atoms in total. The van der Waals surface area contributed by atoms with Crippen LogP contribution in [0.5, 0.6) is 0 Å². The zero-order valence-corrected chi connectivity index (χ0v) is 16.2. The number of rotatable bonds is 4. The standard InChI is InChI=1S/C19H23FN6O3/c1-10-6-12(16(21)27)13(20)7-14(10)23-18-22-8-15-17(24-18)26(19(28)25(15)2)11-4-3-5-29-9-11/h6-8,11,19,28H,3-5,9H2,1-2H3,(H2,21,27)(H,22,23,24). The minimum atomic E-state index is -0.865. The Hall–Kier alpha value is -2.98. The van der Waals surface area contributed by atoms with Gasteiger partial charge < -0.3 is 30.7 Å². The Morgan fingerprint density at radius 3 is 2.93 bits per heavy atom. The average molecular weight is 402 g/mol. The fraction of sp³-hybridized carbons (Fsp3) is 0.421. The number of aromatic nitrogens is 2. The fourth-order valence-corrected chi connectivity index (χ4v) is 3.72. The summed E-state index contributed by atoms with van der Waals surface area (Å²) >= 11 is 0. The van der Waals surface area contributed by atoms with E-state index in [1.54, 1.807) is 25.1 Å². The molecule has 0 radical (unpaired) electrons. The summed E-state index contributed by atoms with van der Waals surface area (Å²) in [6.45, 7) is 2.95. The van der Waals surface area contributed by atoms with E-state index in [0.29, 0.717) is 36.0 Å². The van der Waals surface area contributed by atoms with Crippen LogP contribution >= 0.6 is 0 Å². The van der Waals surface area contributed by atoms with Crippen molar-refractivity contribution in [2.24, 2.45) is 5.73 Å². The summed E-state index contributed by atoms with van der Waals surface area (Å²) < 4.78 is 19.7. The molecule has 0 saturated carbocycles. The highest BCUT2D eigenvalue weighted by Crippen LogP contribution is 2.39. The van der Waals surface area contributed by atoms with Gasteiger partial charge in [0.15, 0.2) is 5.82 Å². The minimum absolute atomic E-state index is 0.000712. The highest BCUT2D eigenvalue weighted by Gasteiger charge is 2.39. The van der Waals surface area contributed by atoms with E-state index < -0.39 is 18.1 Å². The van der Waals surface area contributed by atoms with E-state index in [-0.39, 0.29) is 17.6 Å². The molecular weight excluding hydrogens is 379 g/mol. The molecule has 10 heteroatoms. The Morgan fingerprint density at radius 2 is 2.24 bits per heavy atom. The molecule has 29 heavy (non-hydrogen) atoms. The van der Waals surface area contributed by atoms with Crippen molar-refractivity contribution in [2.45, 2.75) is 32.2 Å². The second kappa shape index (κ2) is 7.45. The predicted molar refractivity (Wildman–Crippen MR) is 106 cm³/mol. The van der Waals surface area contributed by atoms with Crippen molar-refractivity contribution >= 4 is 29.0 Å². The van der Waals surface area contributed by atoms with Crippen LogP contribution in [0.15, 0.2) is 18.3 Å². The van der Waals surface area contributed by atoms with Crippen molar-refractivity contribution in [1.29, 1.82) is 0 Å². The number of carbonyl (C=O) groups excluding carboxylic acids is 1. The van der Waals surface area contributed by atoms with Gasteiger partial charge in [-0.3, -0.25) is 4.79 Å². The maximum atomic E-state index is 14.2. The maximum Gasteiger partial charge on any atom is 0.251 e. The molecule has 0 aliphatic carbocycles. The van der Waals surface area contributed by atoms with Gasteiger partial charge in [-0.2, -0.15) is 4.98 Å². The van der Waals surface area contributed by atoms with E-state index in [9.17, 15) is 14.3 Å². The number of ether oxygens (including phenoxy) is 1. The van der Waals surface area contributed by atoms with Crippen molar-refractivity contribution in [2.75, 3.05) is 35.4 Å². The first-order valence-electron chi connectivity index (χ1n) is 9.38. The number of aliphatic hydroxyl groups is 1. The van der Waals surface area contributed by atoms with Gasteiger partial charge in [0.1, 0.15) is 11.5 Å². The van der Waals surface area contributed by atoms with E-state index in [0.717, 1.165) is 12.8 Å². The Labute approximate surface area is 167 Å². The molecule has 1 aromatic heterocycles. The largest absolute Gasteiger partial charge is 0.379 e.